The van der Waals surface area contributed by atoms with E-state index in [0.717, 1.165) is 0 Å². The first kappa shape index (κ1) is 15.7. The van der Waals surface area contributed by atoms with Gasteiger partial charge in [0.1, 0.15) is 0 Å². The summed E-state index contributed by atoms with van der Waals surface area (Å²) in [5, 5.41) is 0. The van der Waals surface area contributed by atoms with Crippen LogP contribution in [0.5, 0.6) is 0 Å². The molecule has 0 unspecified atom stereocenters. The molecule has 0 radical (unpaired) electrons. The summed E-state index contributed by atoms with van der Waals surface area (Å²) in [4.78, 5) is 1.96. The quantitative estimate of drug-likeness (QED) is 0.518. The van der Waals surface area contributed by atoms with Crippen molar-refractivity contribution < 1.29 is 0 Å². The third-order valence-corrected chi connectivity index (χ3v) is 0.520. The molecule has 9 heavy (non-hydrogen) atoms. The van der Waals surface area contributed by atoms with Gasteiger partial charge in [0.15, 0.2) is 0 Å². The molecule has 0 aromatic rings. The molecule has 0 heterocycles. The zero-order chi connectivity index (χ0) is 5.70. The van der Waals surface area contributed by atoms with Crippen molar-refractivity contribution in [2.45, 2.75) is 14.9 Å². The Bertz CT molecular complexity index is 72.6. The minimum Gasteiger partial charge on any atom is -0.383 e. The van der Waals surface area contributed by atoms with Crippen LogP contribution in [0.3, 0.4) is 0 Å². The second-order valence-electron chi connectivity index (χ2n) is 1.54. The molecule has 0 rings (SSSR count). The van der Waals surface area contributed by atoms with E-state index in [9.17, 15) is 0 Å². The molecule has 56 valence electrons. The van der Waals surface area contributed by atoms with E-state index in [1.807, 2.05) is 31.3 Å². The normalized spacial score (nSPS) is 7.33. The van der Waals surface area contributed by atoms with Crippen molar-refractivity contribution in [3.63, 3.8) is 0 Å². The summed E-state index contributed by atoms with van der Waals surface area (Å²) in [6.07, 6.45) is 5.58. The third kappa shape index (κ3) is 18.9. The maximum atomic E-state index is 3.52. The topological polar surface area (TPSA) is 3.24 Å². The smallest absolute Gasteiger partial charge is 0.00556 e. The molecule has 0 spiro atoms. The van der Waals surface area contributed by atoms with Crippen LogP contribution in [0.15, 0.2) is 24.9 Å². The molecule has 0 aromatic heterocycles. The number of hydrogen-bond donors (Lipinski definition) is 0. The maximum absolute atomic E-state index is 3.52. The van der Waals surface area contributed by atoms with Crippen LogP contribution in [-0.2, 0) is 0 Å². The highest BCUT2D eigenvalue weighted by atomic mass is 15.0. The molecule has 0 N–H and O–H groups in total. The lowest BCUT2D eigenvalue weighted by molar-refractivity contribution is 0.564. The van der Waals surface area contributed by atoms with E-state index < -0.39 is 0 Å². The Morgan fingerprint density at radius 1 is 1.22 bits per heavy atom. The van der Waals surface area contributed by atoms with Gasteiger partial charge in [-0.15, -0.1) is 0 Å². The summed E-state index contributed by atoms with van der Waals surface area (Å²) in [7, 11) is 3.94. The van der Waals surface area contributed by atoms with E-state index in [0.29, 0.717) is 0 Å². The van der Waals surface area contributed by atoms with Gasteiger partial charge in [0.2, 0.25) is 0 Å². The van der Waals surface area contributed by atoms with Crippen LogP contribution in [-0.4, -0.2) is 19.0 Å². The standard InChI is InChI=1S/C6H11N.2CH4/c1-4-5-6-7(2)3;;/h4-6H,1H2,2-3H3;2*1H4. The molecule has 0 saturated carbocycles. The molecule has 1 heteroatoms. The second kappa shape index (κ2) is 10.3. The van der Waals surface area contributed by atoms with Crippen LogP contribution < -0.4 is 0 Å². The van der Waals surface area contributed by atoms with E-state index >= 15 is 0 Å². The van der Waals surface area contributed by atoms with Gasteiger partial charge >= 0.3 is 0 Å². The first-order valence-electron chi connectivity index (χ1n) is 2.23. The lowest BCUT2D eigenvalue weighted by atomic mass is 10.6. The van der Waals surface area contributed by atoms with E-state index in [4.69, 9.17) is 0 Å². The van der Waals surface area contributed by atoms with Crippen LogP contribution in [0, 0.1) is 0 Å². The predicted octanol–water partition coefficient (Wildman–Crippen LogP) is 2.52. The minimum atomic E-state index is 0. The molecule has 0 aliphatic heterocycles. The highest BCUT2D eigenvalue weighted by molar-refractivity contribution is 4.95. The molecule has 0 aromatic carbocycles. The monoisotopic (exact) mass is 129 g/mol. The highest BCUT2D eigenvalue weighted by Gasteiger charge is 1.67. The fourth-order valence-corrected chi connectivity index (χ4v) is 0.233. The second-order valence-corrected chi connectivity index (χ2v) is 1.54. The number of allylic oxidation sites excluding steroid dienone is 2. The zero-order valence-corrected chi connectivity index (χ0v) is 4.89. The average molecular weight is 129 g/mol. The van der Waals surface area contributed by atoms with Gasteiger partial charge in [-0.25, -0.2) is 0 Å². The Balaban J connectivity index is -0.000000180. The Labute approximate surface area is 59.7 Å². The summed E-state index contributed by atoms with van der Waals surface area (Å²) < 4.78 is 0. The van der Waals surface area contributed by atoms with Crippen LogP contribution in [0.4, 0.5) is 0 Å². The summed E-state index contributed by atoms with van der Waals surface area (Å²) in [5.41, 5.74) is 0. The lowest BCUT2D eigenvalue weighted by Gasteiger charge is -2.00. The fraction of sp³-hybridized carbons (Fsp3) is 0.500. The van der Waals surface area contributed by atoms with E-state index in [2.05, 4.69) is 6.58 Å². The molecule has 0 bridgehead atoms. The average Bonchev–Trinajstić information content (AvgIpc) is 1.61. The summed E-state index contributed by atoms with van der Waals surface area (Å²) in [5.74, 6) is 0. The lowest BCUT2D eigenvalue weighted by Crippen LogP contribution is -1.99. The van der Waals surface area contributed by atoms with Crippen molar-refractivity contribution in [2.75, 3.05) is 14.1 Å². The SMILES string of the molecule is C.C.C=CC=CN(C)C. The number of rotatable bonds is 2. The third-order valence-electron chi connectivity index (χ3n) is 0.520. The van der Waals surface area contributed by atoms with E-state index in [1.54, 1.807) is 6.08 Å². The molecule has 1 nitrogen and oxygen atoms in total. The summed E-state index contributed by atoms with van der Waals surface area (Å²) in [6.45, 7) is 3.52. The molecule has 0 fully saturated rings. The Kier molecular flexibility index (Phi) is 18.0. The summed E-state index contributed by atoms with van der Waals surface area (Å²) in [6, 6.07) is 0. The van der Waals surface area contributed by atoms with E-state index in [1.165, 1.54) is 0 Å². The van der Waals surface area contributed by atoms with Crippen LogP contribution in [0.25, 0.3) is 0 Å². The van der Waals surface area contributed by atoms with Gasteiger partial charge in [-0.3, -0.25) is 0 Å². The van der Waals surface area contributed by atoms with Gasteiger partial charge in [-0.05, 0) is 12.3 Å². The van der Waals surface area contributed by atoms with E-state index in [-0.39, 0.29) is 14.9 Å². The predicted molar refractivity (Wildman–Crippen MR) is 46.5 cm³/mol. The van der Waals surface area contributed by atoms with Crippen molar-refractivity contribution in [2.24, 2.45) is 0 Å². The molecule has 0 saturated heterocycles. The van der Waals surface area contributed by atoms with Gasteiger partial charge in [0, 0.05) is 14.1 Å². The molecule has 0 aliphatic rings. The summed E-state index contributed by atoms with van der Waals surface area (Å²) >= 11 is 0. The Hall–Kier alpha value is -0.720. The van der Waals surface area contributed by atoms with Crippen molar-refractivity contribution in [1.82, 2.24) is 4.90 Å². The molecule has 0 amide bonds. The Morgan fingerprint density at radius 3 is 1.78 bits per heavy atom. The molecule has 0 aliphatic carbocycles. The maximum Gasteiger partial charge on any atom is 0.00556 e. The largest absolute Gasteiger partial charge is 0.383 e. The van der Waals surface area contributed by atoms with Crippen LogP contribution in [0.1, 0.15) is 14.9 Å². The minimum absolute atomic E-state index is 0. The first-order chi connectivity index (χ1) is 3.27. The van der Waals surface area contributed by atoms with Crippen molar-refractivity contribution in [3.05, 3.63) is 24.9 Å². The molecular formula is C8H19N. The molecular weight excluding hydrogens is 110 g/mol. The highest BCUT2D eigenvalue weighted by Crippen LogP contribution is 1.75. The van der Waals surface area contributed by atoms with Crippen LogP contribution in [0.2, 0.25) is 0 Å². The van der Waals surface area contributed by atoms with Gasteiger partial charge in [0.05, 0.1) is 0 Å². The van der Waals surface area contributed by atoms with Crippen molar-refractivity contribution in [1.29, 1.82) is 0 Å². The van der Waals surface area contributed by atoms with Gasteiger partial charge in [-0.2, -0.15) is 0 Å². The van der Waals surface area contributed by atoms with Gasteiger partial charge in [-0.1, -0.05) is 27.5 Å². The van der Waals surface area contributed by atoms with Crippen molar-refractivity contribution >= 4 is 0 Å². The van der Waals surface area contributed by atoms with Crippen LogP contribution >= 0.6 is 0 Å². The first-order valence-corrected chi connectivity index (χ1v) is 2.23. The number of nitrogens with zero attached hydrogens (tertiary/aromatic N) is 1. The van der Waals surface area contributed by atoms with Gasteiger partial charge in [0.25, 0.3) is 0 Å². The van der Waals surface area contributed by atoms with Gasteiger partial charge < -0.3 is 4.90 Å². The number of hydrogen-bond acceptors (Lipinski definition) is 1. The molecule has 0 atom stereocenters. The van der Waals surface area contributed by atoms with Crippen molar-refractivity contribution in [3.8, 4) is 0 Å². The Morgan fingerprint density at radius 2 is 1.67 bits per heavy atom. The zero-order valence-electron chi connectivity index (χ0n) is 4.89. The fourth-order valence-electron chi connectivity index (χ4n) is 0.233.